The minimum absolute atomic E-state index is 0.142. The number of nitrogens with two attached hydrogens (primary N) is 1. The number of nitrogen functional groups attached to an aromatic ring is 1. The number of nitrogens with one attached hydrogen (secondary N) is 1. The number of benzene rings is 1. The van der Waals surface area contributed by atoms with Gasteiger partial charge < -0.3 is 29.6 Å². The van der Waals surface area contributed by atoms with Gasteiger partial charge in [0.05, 0.1) is 12.9 Å². The Morgan fingerprint density at radius 1 is 1.30 bits per heavy atom. The molecule has 3 heterocycles. The lowest BCUT2D eigenvalue weighted by Crippen LogP contribution is -2.43. The molecule has 3 aromatic rings. The lowest BCUT2D eigenvalue weighted by Gasteiger charge is -2.26. The molecule has 1 saturated heterocycles. The van der Waals surface area contributed by atoms with E-state index in [2.05, 4.69) is 15.1 Å². The molecule has 1 fully saturated rings. The Kier molecular flexibility index (Phi) is 6.45. The Bertz CT molecular complexity index is 1150. The number of anilines is 1. The minimum atomic E-state index is -3.82. The fourth-order valence-electron chi connectivity index (χ4n) is 3.71. The molecule has 0 bridgehead atoms. The van der Waals surface area contributed by atoms with E-state index in [-0.39, 0.29) is 24.0 Å². The maximum Gasteiger partial charge on any atom is 0.459 e. The van der Waals surface area contributed by atoms with Crippen LogP contribution in [-0.4, -0.2) is 50.6 Å². The first kappa shape index (κ1) is 23.6. The van der Waals surface area contributed by atoms with Crippen molar-refractivity contribution in [2.24, 2.45) is 0 Å². The number of furan rings is 1. The molecule has 0 radical (unpaired) electrons. The molecule has 178 valence electrons. The molecule has 1 aliphatic heterocycles. The number of aliphatic hydroxyl groups excluding tert-OH is 1. The summed E-state index contributed by atoms with van der Waals surface area (Å²) in [6, 6.07) is 8.37. The van der Waals surface area contributed by atoms with Gasteiger partial charge in [-0.1, -0.05) is 18.2 Å². The molecule has 0 aliphatic carbocycles. The zero-order chi connectivity index (χ0) is 23.8. The van der Waals surface area contributed by atoms with Gasteiger partial charge in [0.1, 0.15) is 41.5 Å². The Morgan fingerprint density at radius 3 is 2.73 bits per heavy atom. The van der Waals surface area contributed by atoms with Crippen LogP contribution in [-0.2, 0) is 13.8 Å². The van der Waals surface area contributed by atoms with Gasteiger partial charge in [-0.25, -0.2) is 19.6 Å². The SMILES string of the molecule is CC(C)NP(=O)(OC[C@H]1O[C@@H](c2coc3c(N)ncnc23)[C@](C)(O)[C@@H]1O)Oc1ccccc1. The van der Waals surface area contributed by atoms with Crippen molar-refractivity contribution < 1.29 is 33.0 Å². The van der Waals surface area contributed by atoms with Crippen molar-refractivity contribution in [3.8, 4) is 5.75 Å². The predicted octanol–water partition coefficient (Wildman–Crippen LogP) is 2.56. The van der Waals surface area contributed by atoms with E-state index in [0.717, 1.165) is 0 Å². The van der Waals surface area contributed by atoms with Crippen LogP contribution in [0.5, 0.6) is 5.75 Å². The van der Waals surface area contributed by atoms with E-state index in [0.29, 0.717) is 16.8 Å². The van der Waals surface area contributed by atoms with Gasteiger partial charge in [-0.3, -0.25) is 4.52 Å². The first-order valence-electron chi connectivity index (χ1n) is 10.4. The van der Waals surface area contributed by atoms with Gasteiger partial charge in [-0.15, -0.1) is 0 Å². The van der Waals surface area contributed by atoms with Gasteiger partial charge >= 0.3 is 7.75 Å². The summed E-state index contributed by atoms with van der Waals surface area (Å²) in [5.41, 5.74) is 5.11. The quantitative estimate of drug-likeness (QED) is 0.352. The van der Waals surface area contributed by atoms with Gasteiger partial charge in [-0.2, -0.15) is 0 Å². The van der Waals surface area contributed by atoms with E-state index in [1.54, 1.807) is 44.2 Å². The number of fused-ring (bicyclic) bond motifs is 1. The van der Waals surface area contributed by atoms with E-state index in [9.17, 15) is 14.8 Å². The monoisotopic (exact) mass is 478 g/mol. The van der Waals surface area contributed by atoms with Crippen LogP contribution in [0.4, 0.5) is 5.82 Å². The number of aromatic nitrogens is 2. The van der Waals surface area contributed by atoms with Crippen LogP contribution in [0.15, 0.2) is 47.3 Å². The number of nitrogens with zero attached hydrogens (tertiary/aromatic N) is 2. The summed E-state index contributed by atoms with van der Waals surface area (Å²) in [6.45, 7) is 4.70. The van der Waals surface area contributed by atoms with Gasteiger partial charge in [0.2, 0.25) is 0 Å². The smallest absolute Gasteiger partial charge is 0.458 e. The molecular formula is C21H27N4O7P. The van der Waals surface area contributed by atoms with Crippen LogP contribution in [0.25, 0.3) is 11.1 Å². The average Bonchev–Trinajstić information content (AvgIpc) is 3.27. The normalized spacial score (nSPS) is 27.2. The zero-order valence-corrected chi connectivity index (χ0v) is 19.3. The minimum Gasteiger partial charge on any atom is -0.458 e. The molecule has 0 saturated carbocycles. The third-order valence-electron chi connectivity index (χ3n) is 5.28. The highest BCUT2D eigenvalue weighted by molar-refractivity contribution is 7.52. The van der Waals surface area contributed by atoms with E-state index in [1.807, 2.05) is 0 Å². The maximum absolute atomic E-state index is 13.3. The molecule has 1 aromatic carbocycles. The first-order valence-corrected chi connectivity index (χ1v) is 12.0. The van der Waals surface area contributed by atoms with Crippen LogP contribution in [0.2, 0.25) is 0 Å². The third-order valence-corrected chi connectivity index (χ3v) is 7.05. The van der Waals surface area contributed by atoms with Crippen molar-refractivity contribution in [1.29, 1.82) is 0 Å². The molecule has 5 N–H and O–H groups in total. The fourth-order valence-corrected chi connectivity index (χ4v) is 5.26. The zero-order valence-electron chi connectivity index (χ0n) is 18.4. The molecule has 5 atom stereocenters. The number of ether oxygens (including phenoxy) is 1. The second-order valence-electron chi connectivity index (χ2n) is 8.33. The van der Waals surface area contributed by atoms with E-state index >= 15 is 0 Å². The van der Waals surface area contributed by atoms with Crippen LogP contribution in [0, 0.1) is 0 Å². The predicted molar refractivity (Wildman–Crippen MR) is 119 cm³/mol. The van der Waals surface area contributed by atoms with Crippen LogP contribution >= 0.6 is 7.75 Å². The molecule has 0 spiro atoms. The fraction of sp³-hybridized carbons (Fsp3) is 0.429. The number of aliphatic hydroxyl groups is 2. The van der Waals surface area contributed by atoms with Crippen LogP contribution in [0.3, 0.4) is 0 Å². The van der Waals surface area contributed by atoms with Gasteiger partial charge in [0.15, 0.2) is 11.4 Å². The summed E-state index contributed by atoms with van der Waals surface area (Å²) in [5.74, 6) is 0.497. The second kappa shape index (κ2) is 9.02. The average molecular weight is 478 g/mol. The van der Waals surface area contributed by atoms with E-state index < -0.39 is 31.7 Å². The molecule has 2 aromatic heterocycles. The topological polar surface area (TPSA) is 162 Å². The lowest BCUT2D eigenvalue weighted by atomic mass is 9.89. The second-order valence-corrected chi connectivity index (χ2v) is 10.0. The molecule has 33 heavy (non-hydrogen) atoms. The molecule has 0 amide bonds. The molecular weight excluding hydrogens is 451 g/mol. The highest BCUT2D eigenvalue weighted by Crippen LogP contribution is 2.48. The van der Waals surface area contributed by atoms with Gasteiger partial charge in [0.25, 0.3) is 0 Å². The molecule has 1 aliphatic rings. The Labute approximate surface area is 190 Å². The van der Waals surface area contributed by atoms with Gasteiger partial charge in [0, 0.05) is 11.6 Å². The van der Waals surface area contributed by atoms with Crippen molar-refractivity contribution in [3.63, 3.8) is 0 Å². The number of hydrogen-bond donors (Lipinski definition) is 4. The molecule has 1 unspecified atom stereocenters. The third kappa shape index (κ3) is 4.74. The lowest BCUT2D eigenvalue weighted by molar-refractivity contribution is -0.0643. The molecule has 11 nitrogen and oxygen atoms in total. The van der Waals surface area contributed by atoms with Crippen molar-refractivity contribution in [2.45, 2.75) is 50.7 Å². The first-order chi connectivity index (χ1) is 15.6. The summed E-state index contributed by atoms with van der Waals surface area (Å²) < 4.78 is 36.0. The standard InChI is InChI=1S/C21H27N4O7P/c1-12(2)25-33(28,32-13-7-5-4-6-8-13)30-10-15-18(26)21(3,27)19(31-15)14-9-29-17-16(14)23-11-24-20(17)22/h4-9,11-12,15,18-19,26-27H,10H2,1-3H3,(H,25,28)(H2,22,23,24)/t15-,18-,19+,21-,33?/m1/s1. The maximum atomic E-state index is 13.3. The summed E-state index contributed by atoms with van der Waals surface area (Å²) in [7, 11) is -3.82. The van der Waals surface area contributed by atoms with Crippen LogP contribution < -0.4 is 15.3 Å². The van der Waals surface area contributed by atoms with Crippen molar-refractivity contribution >= 4 is 24.7 Å². The molecule has 4 rings (SSSR count). The Balaban J connectivity index is 1.54. The van der Waals surface area contributed by atoms with E-state index in [1.165, 1.54) is 19.5 Å². The largest absolute Gasteiger partial charge is 0.459 e. The van der Waals surface area contributed by atoms with Crippen LogP contribution in [0.1, 0.15) is 32.4 Å². The van der Waals surface area contributed by atoms with Crippen molar-refractivity contribution in [3.05, 3.63) is 48.5 Å². The summed E-state index contributed by atoms with van der Waals surface area (Å²) in [4.78, 5) is 8.04. The Hall–Kier alpha value is -2.53. The van der Waals surface area contributed by atoms with E-state index in [4.69, 9.17) is 23.9 Å². The number of rotatable bonds is 8. The number of hydrogen-bond acceptors (Lipinski definition) is 10. The highest BCUT2D eigenvalue weighted by atomic mass is 31.2. The van der Waals surface area contributed by atoms with Crippen molar-refractivity contribution in [2.75, 3.05) is 12.3 Å². The summed E-state index contributed by atoms with van der Waals surface area (Å²) >= 11 is 0. The van der Waals surface area contributed by atoms with Crippen molar-refractivity contribution in [1.82, 2.24) is 15.1 Å². The molecule has 12 heteroatoms. The van der Waals surface area contributed by atoms with Gasteiger partial charge in [-0.05, 0) is 32.9 Å². The summed E-state index contributed by atoms with van der Waals surface area (Å²) in [5, 5.41) is 24.6. The highest BCUT2D eigenvalue weighted by Gasteiger charge is 2.54. The number of para-hydroxylation sites is 1. The Morgan fingerprint density at radius 2 is 2.03 bits per heavy atom. The summed E-state index contributed by atoms with van der Waals surface area (Å²) in [6.07, 6.45) is -0.767.